The van der Waals surface area contributed by atoms with Crippen LogP contribution in [0.2, 0.25) is 0 Å². The highest BCUT2D eigenvalue weighted by Crippen LogP contribution is 2.19. The van der Waals surface area contributed by atoms with Crippen LogP contribution < -0.4 is 14.8 Å². The summed E-state index contributed by atoms with van der Waals surface area (Å²) in [6, 6.07) is 0.271. The molecule has 1 aliphatic heterocycles. The lowest BCUT2D eigenvalue weighted by atomic mass is 9.89. The Labute approximate surface area is 98.6 Å². The van der Waals surface area contributed by atoms with Crippen LogP contribution in [-0.2, 0) is 10.2 Å². The van der Waals surface area contributed by atoms with E-state index < -0.39 is 10.2 Å². The van der Waals surface area contributed by atoms with E-state index in [2.05, 4.69) is 21.7 Å². The van der Waals surface area contributed by atoms with Crippen LogP contribution >= 0.6 is 0 Å². The zero-order valence-electron chi connectivity index (χ0n) is 10.1. The zero-order chi connectivity index (χ0) is 12.0. The maximum atomic E-state index is 11.4. The third-order valence-electron chi connectivity index (χ3n) is 3.08. The molecule has 0 amide bonds. The molecule has 0 radical (unpaired) electrons. The van der Waals surface area contributed by atoms with E-state index in [0.29, 0.717) is 19.0 Å². The molecule has 1 fully saturated rings. The van der Waals surface area contributed by atoms with Gasteiger partial charge in [-0.1, -0.05) is 20.3 Å². The summed E-state index contributed by atoms with van der Waals surface area (Å²) >= 11 is 0. The van der Waals surface area contributed by atoms with Gasteiger partial charge >= 0.3 is 0 Å². The van der Waals surface area contributed by atoms with Gasteiger partial charge in [0.1, 0.15) is 0 Å². The Bertz CT molecular complexity index is 292. The van der Waals surface area contributed by atoms with Crippen LogP contribution in [-0.4, -0.2) is 34.1 Å². The van der Waals surface area contributed by atoms with E-state index in [4.69, 9.17) is 0 Å². The Kier molecular flexibility index (Phi) is 5.68. The average molecular weight is 249 g/mol. The molecule has 96 valence electrons. The van der Waals surface area contributed by atoms with Gasteiger partial charge in [-0.25, -0.2) is 9.44 Å². The molecule has 2 atom stereocenters. The lowest BCUT2D eigenvalue weighted by molar-refractivity contribution is 0.273. The van der Waals surface area contributed by atoms with Crippen molar-refractivity contribution in [3.63, 3.8) is 0 Å². The largest absolute Gasteiger partial charge is 0.312 e. The summed E-state index contributed by atoms with van der Waals surface area (Å²) < 4.78 is 27.9. The summed E-state index contributed by atoms with van der Waals surface area (Å²) in [5, 5.41) is 3.38. The zero-order valence-corrected chi connectivity index (χ0v) is 10.9. The standard InChI is InChI=1S/C10H23N3O2S/c1-3-9-6-5-7-11-10(9)8-13-16(14,15)12-4-2/h9-13H,3-8H2,1-2H3. The van der Waals surface area contributed by atoms with Crippen LogP contribution in [0.3, 0.4) is 0 Å². The smallest absolute Gasteiger partial charge is 0.276 e. The van der Waals surface area contributed by atoms with E-state index in [1.165, 1.54) is 12.8 Å². The Balaban J connectivity index is 2.41. The van der Waals surface area contributed by atoms with Crippen molar-refractivity contribution >= 4 is 10.2 Å². The van der Waals surface area contributed by atoms with Gasteiger partial charge in [0.2, 0.25) is 0 Å². The van der Waals surface area contributed by atoms with Gasteiger partial charge in [-0.2, -0.15) is 8.42 Å². The van der Waals surface area contributed by atoms with Crippen LogP contribution in [0.1, 0.15) is 33.1 Å². The highest BCUT2D eigenvalue weighted by Gasteiger charge is 2.24. The fourth-order valence-electron chi connectivity index (χ4n) is 2.19. The molecule has 0 saturated carbocycles. The van der Waals surface area contributed by atoms with Crippen molar-refractivity contribution in [3.05, 3.63) is 0 Å². The molecule has 0 bridgehead atoms. The van der Waals surface area contributed by atoms with Gasteiger partial charge in [-0.05, 0) is 25.3 Å². The first-order chi connectivity index (χ1) is 7.59. The van der Waals surface area contributed by atoms with Crippen LogP contribution in [0, 0.1) is 5.92 Å². The van der Waals surface area contributed by atoms with E-state index in [9.17, 15) is 8.42 Å². The first kappa shape index (κ1) is 13.9. The van der Waals surface area contributed by atoms with Crippen molar-refractivity contribution in [3.8, 4) is 0 Å². The summed E-state index contributed by atoms with van der Waals surface area (Å²) in [5.41, 5.74) is 0. The van der Waals surface area contributed by atoms with Crippen LogP contribution in [0.25, 0.3) is 0 Å². The Morgan fingerprint density at radius 2 is 2.06 bits per heavy atom. The molecule has 1 saturated heterocycles. The predicted octanol–water partition coefficient (Wildman–Crippen LogP) is 0.209. The topological polar surface area (TPSA) is 70.2 Å². The third kappa shape index (κ3) is 4.37. The predicted molar refractivity (Wildman–Crippen MR) is 65.4 cm³/mol. The molecule has 0 aromatic carbocycles. The first-order valence-corrected chi connectivity index (χ1v) is 7.55. The minimum atomic E-state index is -3.30. The second-order valence-electron chi connectivity index (χ2n) is 4.22. The summed E-state index contributed by atoms with van der Waals surface area (Å²) in [5.74, 6) is 0.582. The minimum absolute atomic E-state index is 0.271. The third-order valence-corrected chi connectivity index (χ3v) is 4.29. The molecule has 1 heterocycles. The SMILES string of the molecule is CCNS(=O)(=O)NCC1NCCCC1CC. The number of piperidine rings is 1. The highest BCUT2D eigenvalue weighted by molar-refractivity contribution is 7.87. The van der Waals surface area contributed by atoms with Gasteiger partial charge in [-0.15, -0.1) is 0 Å². The van der Waals surface area contributed by atoms with Gasteiger partial charge in [-0.3, -0.25) is 0 Å². The van der Waals surface area contributed by atoms with Gasteiger partial charge < -0.3 is 5.32 Å². The normalized spacial score (nSPS) is 26.9. The molecular weight excluding hydrogens is 226 g/mol. The van der Waals surface area contributed by atoms with Gasteiger partial charge in [0.05, 0.1) is 0 Å². The molecule has 0 aliphatic carbocycles. The van der Waals surface area contributed by atoms with Crippen molar-refractivity contribution in [2.75, 3.05) is 19.6 Å². The molecule has 6 heteroatoms. The lowest BCUT2D eigenvalue weighted by Crippen LogP contribution is -2.50. The van der Waals surface area contributed by atoms with Crippen molar-refractivity contribution < 1.29 is 8.42 Å². The second kappa shape index (κ2) is 6.54. The van der Waals surface area contributed by atoms with Crippen molar-refractivity contribution in [1.82, 2.24) is 14.8 Å². The van der Waals surface area contributed by atoms with E-state index in [0.717, 1.165) is 13.0 Å². The minimum Gasteiger partial charge on any atom is -0.312 e. The van der Waals surface area contributed by atoms with Crippen molar-refractivity contribution in [1.29, 1.82) is 0 Å². The quantitative estimate of drug-likeness (QED) is 0.630. The van der Waals surface area contributed by atoms with Crippen LogP contribution in [0.4, 0.5) is 0 Å². The Morgan fingerprint density at radius 3 is 2.69 bits per heavy atom. The van der Waals surface area contributed by atoms with Gasteiger partial charge in [0, 0.05) is 19.1 Å². The first-order valence-electron chi connectivity index (χ1n) is 6.06. The highest BCUT2D eigenvalue weighted by atomic mass is 32.2. The maximum absolute atomic E-state index is 11.4. The molecule has 16 heavy (non-hydrogen) atoms. The molecule has 2 unspecified atom stereocenters. The molecular formula is C10H23N3O2S. The molecule has 0 aromatic rings. The summed E-state index contributed by atoms with van der Waals surface area (Å²) in [6.07, 6.45) is 3.48. The van der Waals surface area contributed by atoms with Crippen LogP contribution in [0.15, 0.2) is 0 Å². The van der Waals surface area contributed by atoms with Crippen LogP contribution in [0.5, 0.6) is 0 Å². The monoisotopic (exact) mass is 249 g/mol. The molecule has 5 nitrogen and oxygen atoms in total. The number of hydrogen-bond donors (Lipinski definition) is 3. The second-order valence-corrected chi connectivity index (χ2v) is 5.81. The summed E-state index contributed by atoms with van der Waals surface area (Å²) in [6.45, 7) is 5.82. The van der Waals surface area contributed by atoms with Gasteiger partial charge in [0.25, 0.3) is 10.2 Å². The van der Waals surface area contributed by atoms with E-state index in [-0.39, 0.29) is 6.04 Å². The average Bonchev–Trinajstić information content (AvgIpc) is 2.27. The number of rotatable bonds is 6. The van der Waals surface area contributed by atoms with Gasteiger partial charge in [0.15, 0.2) is 0 Å². The maximum Gasteiger partial charge on any atom is 0.276 e. The summed E-state index contributed by atoms with van der Waals surface area (Å²) in [7, 11) is -3.30. The van der Waals surface area contributed by atoms with E-state index in [1.54, 1.807) is 6.92 Å². The molecule has 0 aromatic heterocycles. The van der Waals surface area contributed by atoms with Crippen molar-refractivity contribution in [2.45, 2.75) is 39.2 Å². The Morgan fingerprint density at radius 1 is 1.31 bits per heavy atom. The van der Waals surface area contributed by atoms with Crippen molar-refractivity contribution in [2.24, 2.45) is 5.92 Å². The molecule has 1 rings (SSSR count). The number of nitrogens with one attached hydrogen (secondary N) is 3. The lowest BCUT2D eigenvalue weighted by Gasteiger charge is -2.32. The molecule has 0 spiro atoms. The fourth-order valence-corrected chi connectivity index (χ4v) is 3.07. The number of hydrogen-bond acceptors (Lipinski definition) is 3. The fraction of sp³-hybridized carbons (Fsp3) is 1.00. The molecule has 1 aliphatic rings. The summed E-state index contributed by atoms with van der Waals surface area (Å²) in [4.78, 5) is 0. The van der Waals surface area contributed by atoms with E-state index in [1.807, 2.05) is 0 Å². The molecule has 3 N–H and O–H groups in total. The Hall–Kier alpha value is -0.170. The van der Waals surface area contributed by atoms with E-state index >= 15 is 0 Å².